The summed E-state index contributed by atoms with van der Waals surface area (Å²) in [7, 11) is 0. The highest BCUT2D eigenvalue weighted by Gasteiger charge is 2.14. The Balaban J connectivity index is 1.64. The largest absolute Gasteiger partial charge is 0.423 e. The summed E-state index contributed by atoms with van der Waals surface area (Å²) in [6.45, 7) is 7.02. The van der Waals surface area contributed by atoms with Gasteiger partial charge in [0.25, 0.3) is 0 Å². The summed E-state index contributed by atoms with van der Waals surface area (Å²) < 4.78 is 7.23. The van der Waals surface area contributed by atoms with E-state index in [1.165, 1.54) is 22.2 Å². The van der Waals surface area contributed by atoms with Gasteiger partial charge in [-0.3, -0.25) is 0 Å². The molecule has 4 aromatic rings. The van der Waals surface area contributed by atoms with Gasteiger partial charge in [0.15, 0.2) is 0 Å². The summed E-state index contributed by atoms with van der Waals surface area (Å²) in [6.07, 6.45) is 0. The highest BCUT2D eigenvalue weighted by atomic mass is 32.2. The van der Waals surface area contributed by atoms with Crippen molar-refractivity contribution in [3.05, 3.63) is 67.7 Å². The van der Waals surface area contributed by atoms with Crippen molar-refractivity contribution < 1.29 is 4.42 Å². The van der Waals surface area contributed by atoms with Crippen LogP contribution < -0.4 is 5.63 Å². The number of thiophene rings is 1. The first kappa shape index (κ1) is 18.9. The maximum Gasteiger partial charge on any atom is 0.336 e. The minimum atomic E-state index is -0.335. The first-order valence-electron chi connectivity index (χ1n) is 9.00. The SMILES string of the molecule is Cc1cc2oc(=O)cc(CSc3nnnn3Cc3cccs3)c2cc1C(C)C. The van der Waals surface area contributed by atoms with Gasteiger partial charge in [0, 0.05) is 22.1 Å². The first-order chi connectivity index (χ1) is 13.5. The van der Waals surface area contributed by atoms with Gasteiger partial charge in [-0.15, -0.1) is 16.4 Å². The van der Waals surface area contributed by atoms with Crippen LogP contribution in [0.15, 0.2) is 50.1 Å². The highest BCUT2D eigenvalue weighted by molar-refractivity contribution is 7.98. The molecule has 0 unspecified atom stereocenters. The molecule has 0 aliphatic carbocycles. The van der Waals surface area contributed by atoms with Crippen LogP contribution in [-0.2, 0) is 12.3 Å². The molecular formula is C20H20N4O2S2. The standard InChI is InChI=1S/C20H20N4O2S2/c1-12(2)16-9-17-14(8-19(25)26-18(17)7-13(16)3)11-28-20-21-22-23-24(20)10-15-5-4-6-27-15/h4-9,12H,10-11H2,1-3H3. The van der Waals surface area contributed by atoms with Gasteiger partial charge >= 0.3 is 5.63 Å². The van der Waals surface area contributed by atoms with Crippen LogP contribution in [0.3, 0.4) is 0 Å². The summed E-state index contributed by atoms with van der Waals surface area (Å²) in [5.74, 6) is 0.989. The Morgan fingerprint density at radius 1 is 1.29 bits per heavy atom. The molecule has 4 rings (SSSR count). The number of hydrogen-bond acceptors (Lipinski definition) is 7. The molecule has 144 valence electrons. The Morgan fingerprint density at radius 3 is 2.89 bits per heavy atom. The Kier molecular flexibility index (Phi) is 5.32. The van der Waals surface area contributed by atoms with E-state index in [0.717, 1.165) is 21.7 Å². The third kappa shape index (κ3) is 3.88. The fourth-order valence-electron chi connectivity index (χ4n) is 3.22. The average Bonchev–Trinajstić information content (AvgIpc) is 3.31. The lowest BCUT2D eigenvalue weighted by atomic mass is 9.95. The molecule has 0 fully saturated rings. The second kappa shape index (κ2) is 7.89. The van der Waals surface area contributed by atoms with Gasteiger partial charge in [-0.25, -0.2) is 9.48 Å². The number of nitrogens with zero attached hydrogens (tertiary/aromatic N) is 4. The maximum absolute atomic E-state index is 12.1. The smallest absolute Gasteiger partial charge is 0.336 e. The van der Waals surface area contributed by atoms with Crippen LogP contribution in [0.1, 0.15) is 41.3 Å². The summed E-state index contributed by atoms with van der Waals surface area (Å²) in [6, 6.07) is 9.75. The number of aromatic nitrogens is 4. The molecule has 8 heteroatoms. The Bertz CT molecular complexity index is 1160. The van der Waals surface area contributed by atoms with E-state index in [1.807, 2.05) is 17.5 Å². The van der Waals surface area contributed by atoms with E-state index < -0.39 is 0 Å². The minimum absolute atomic E-state index is 0.335. The van der Waals surface area contributed by atoms with Gasteiger partial charge in [0.05, 0.1) is 6.54 Å². The number of hydrogen-bond donors (Lipinski definition) is 0. The van der Waals surface area contributed by atoms with Crippen molar-refractivity contribution in [1.82, 2.24) is 20.2 Å². The molecule has 0 amide bonds. The molecule has 1 aromatic carbocycles. The quantitative estimate of drug-likeness (QED) is 0.340. The second-order valence-corrected chi connectivity index (χ2v) is 8.91. The van der Waals surface area contributed by atoms with Gasteiger partial charge in [-0.1, -0.05) is 31.7 Å². The molecule has 0 saturated heterocycles. The van der Waals surface area contributed by atoms with E-state index in [-0.39, 0.29) is 5.63 Å². The molecule has 0 spiro atoms. The van der Waals surface area contributed by atoms with E-state index in [0.29, 0.717) is 23.8 Å². The zero-order valence-corrected chi connectivity index (χ0v) is 17.5. The van der Waals surface area contributed by atoms with Crippen molar-refractivity contribution in [2.24, 2.45) is 0 Å². The number of benzene rings is 1. The number of fused-ring (bicyclic) bond motifs is 1. The van der Waals surface area contributed by atoms with Crippen molar-refractivity contribution in [2.45, 2.75) is 44.1 Å². The lowest BCUT2D eigenvalue weighted by Gasteiger charge is -2.13. The van der Waals surface area contributed by atoms with Crippen molar-refractivity contribution in [2.75, 3.05) is 0 Å². The summed E-state index contributed by atoms with van der Waals surface area (Å²) in [5, 5.41) is 15.8. The van der Waals surface area contributed by atoms with Crippen LogP contribution in [0.5, 0.6) is 0 Å². The topological polar surface area (TPSA) is 73.8 Å². The van der Waals surface area contributed by atoms with E-state index >= 15 is 0 Å². The molecule has 0 radical (unpaired) electrons. The highest BCUT2D eigenvalue weighted by Crippen LogP contribution is 2.30. The first-order valence-corrected chi connectivity index (χ1v) is 10.9. The molecule has 3 heterocycles. The van der Waals surface area contributed by atoms with Gasteiger partial charge in [-0.2, -0.15) is 0 Å². The van der Waals surface area contributed by atoms with Crippen molar-refractivity contribution in [3.8, 4) is 0 Å². The van der Waals surface area contributed by atoms with Crippen LogP contribution >= 0.6 is 23.1 Å². The van der Waals surface area contributed by atoms with Crippen molar-refractivity contribution >= 4 is 34.1 Å². The molecule has 6 nitrogen and oxygen atoms in total. The summed E-state index contributed by atoms with van der Waals surface area (Å²) in [5.41, 5.74) is 3.62. The molecular weight excluding hydrogens is 392 g/mol. The predicted molar refractivity (Wildman–Crippen MR) is 112 cm³/mol. The normalized spacial score (nSPS) is 11.6. The number of tetrazole rings is 1. The molecule has 28 heavy (non-hydrogen) atoms. The van der Waals surface area contributed by atoms with Crippen LogP contribution in [0.4, 0.5) is 0 Å². The fourth-order valence-corrected chi connectivity index (χ4v) is 4.78. The molecule has 0 N–H and O–H groups in total. The molecule has 0 atom stereocenters. The minimum Gasteiger partial charge on any atom is -0.423 e. The molecule has 0 aliphatic heterocycles. The van der Waals surface area contributed by atoms with Crippen LogP contribution in [0.2, 0.25) is 0 Å². The third-order valence-electron chi connectivity index (χ3n) is 4.58. The van der Waals surface area contributed by atoms with Crippen LogP contribution in [0.25, 0.3) is 11.0 Å². The van der Waals surface area contributed by atoms with E-state index in [2.05, 4.69) is 48.4 Å². The predicted octanol–water partition coefficient (Wildman–Crippen LogP) is 4.61. The monoisotopic (exact) mass is 412 g/mol. The number of rotatable bonds is 6. The molecule has 0 bridgehead atoms. The van der Waals surface area contributed by atoms with Crippen molar-refractivity contribution in [1.29, 1.82) is 0 Å². The van der Waals surface area contributed by atoms with Gasteiger partial charge in [0.2, 0.25) is 5.16 Å². The zero-order chi connectivity index (χ0) is 19.7. The lowest BCUT2D eigenvalue weighted by Crippen LogP contribution is -2.04. The van der Waals surface area contributed by atoms with Gasteiger partial charge in [0.1, 0.15) is 5.58 Å². The van der Waals surface area contributed by atoms with Crippen molar-refractivity contribution in [3.63, 3.8) is 0 Å². The zero-order valence-electron chi connectivity index (χ0n) is 15.9. The maximum atomic E-state index is 12.1. The number of thioether (sulfide) groups is 1. The van der Waals surface area contributed by atoms with E-state index in [1.54, 1.807) is 22.1 Å². The summed E-state index contributed by atoms with van der Waals surface area (Å²) >= 11 is 3.20. The Morgan fingerprint density at radius 2 is 2.14 bits per heavy atom. The number of aryl methyl sites for hydroxylation is 1. The van der Waals surface area contributed by atoms with Gasteiger partial charge in [-0.05, 0) is 63.5 Å². The molecule has 0 saturated carbocycles. The molecule has 3 aromatic heterocycles. The fraction of sp³-hybridized carbons (Fsp3) is 0.300. The van der Waals surface area contributed by atoms with Gasteiger partial charge < -0.3 is 4.42 Å². The lowest BCUT2D eigenvalue weighted by molar-refractivity contribution is 0.559. The van der Waals surface area contributed by atoms with Crippen LogP contribution in [-0.4, -0.2) is 20.2 Å². The van der Waals surface area contributed by atoms with E-state index in [4.69, 9.17) is 4.42 Å². The average molecular weight is 413 g/mol. The Hall–Kier alpha value is -2.45. The molecule has 0 aliphatic rings. The summed E-state index contributed by atoms with van der Waals surface area (Å²) in [4.78, 5) is 13.2. The third-order valence-corrected chi connectivity index (χ3v) is 6.45. The van der Waals surface area contributed by atoms with E-state index in [9.17, 15) is 4.79 Å². The van der Waals surface area contributed by atoms with Crippen LogP contribution in [0, 0.1) is 6.92 Å². The second-order valence-electron chi connectivity index (χ2n) is 6.94. The Labute approximate surface area is 170 Å².